The maximum atomic E-state index is 12.2. The molecule has 0 radical (unpaired) electrons. The van der Waals surface area contributed by atoms with Crippen molar-refractivity contribution < 1.29 is 4.79 Å². The number of hydrogen-bond acceptors (Lipinski definition) is 5. The molecule has 0 spiro atoms. The zero-order chi connectivity index (χ0) is 13.7. The lowest BCUT2D eigenvalue weighted by Crippen LogP contribution is -2.45. The molecule has 2 heterocycles. The van der Waals surface area contributed by atoms with E-state index in [1.807, 2.05) is 19.5 Å². The van der Waals surface area contributed by atoms with Crippen LogP contribution in [0.25, 0.3) is 0 Å². The minimum absolute atomic E-state index is 0.161. The van der Waals surface area contributed by atoms with Gasteiger partial charge in [-0.15, -0.1) is 11.3 Å². The largest absolute Gasteiger partial charge is 0.339 e. The minimum atomic E-state index is 0.161. The van der Waals surface area contributed by atoms with Crippen molar-refractivity contribution >= 4 is 17.2 Å². The molecule has 1 aliphatic rings. The topological polar surface area (TPSA) is 48.5 Å². The van der Waals surface area contributed by atoms with E-state index in [0.29, 0.717) is 19.1 Å². The van der Waals surface area contributed by atoms with Gasteiger partial charge in [-0.25, -0.2) is 4.98 Å². The molecule has 0 aromatic carbocycles. The highest BCUT2D eigenvalue weighted by atomic mass is 32.1. The summed E-state index contributed by atoms with van der Waals surface area (Å²) in [5, 5.41) is 5.33. The van der Waals surface area contributed by atoms with Crippen LogP contribution in [0.15, 0.2) is 10.9 Å². The zero-order valence-electron chi connectivity index (χ0n) is 11.6. The number of nitrogens with one attached hydrogen (secondary N) is 1. The van der Waals surface area contributed by atoms with E-state index < -0.39 is 0 Å². The first-order valence-corrected chi connectivity index (χ1v) is 7.63. The van der Waals surface area contributed by atoms with Gasteiger partial charge in [0.1, 0.15) is 0 Å². The summed E-state index contributed by atoms with van der Waals surface area (Å²) in [4.78, 5) is 20.3. The molecule has 5 nitrogen and oxygen atoms in total. The normalized spacial score (nSPS) is 16.8. The molecule has 106 valence electrons. The Morgan fingerprint density at radius 3 is 2.84 bits per heavy atom. The molecule has 1 amide bonds. The Morgan fingerprint density at radius 2 is 2.21 bits per heavy atom. The van der Waals surface area contributed by atoms with Crippen molar-refractivity contribution in [1.29, 1.82) is 0 Å². The van der Waals surface area contributed by atoms with Crippen LogP contribution < -0.4 is 5.32 Å². The third kappa shape index (κ3) is 4.26. The number of likely N-dealkylation sites (N-methyl/N-ethyl adjacent to an activating group) is 2. The van der Waals surface area contributed by atoms with Gasteiger partial charge in [0.05, 0.1) is 24.3 Å². The van der Waals surface area contributed by atoms with Gasteiger partial charge in [-0.3, -0.25) is 9.69 Å². The Bertz CT molecular complexity index is 389. The Hall–Kier alpha value is -0.980. The molecule has 1 aromatic rings. The van der Waals surface area contributed by atoms with Crippen LogP contribution in [0, 0.1) is 0 Å². The Morgan fingerprint density at radius 1 is 1.47 bits per heavy atom. The number of piperidine rings is 1. The highest BCUT2D eigenvalue weighted by Crippen LogP contribution is 2.10. The van der Waals surface area contributed by atoms with Crippen molar-refractivity contribution in [2.24, 2.45) is 0 Å². The highest BCUT2D eigenvalue weighted by Gasteiger charge is 2.21. The molecule has 1 saturated heterocycles. The quantitative estimate of drug-likeness (QED) is 0.867. The highest BCUT2D eigenvalue weighted by molar-refractivity contribution is 7.07. The van der Waals surface area contributed by atoms with Crippen molar-refractivity contribution in [1.82, 2.24) is 20.1 Å². The van der Waals surface area contributed by atoms with Crippen molar-refractivity contribution in [2.45, 2.75) is 25.4 Å². The maximum Gasteiger partial charge on any atom is 0.236 e. The Balaban J connectivity index is 1.79. The summed E-state index contributed by atoms with van der Waals surface area (Å²) in [5.41, 5.74) is 2.76. The summed E-state index contributed by atoms with van der Waals surface area (Å²) in [5.74, 6) is 0.161. The van der Waals surface area contributed by atoms with Crippen LogP contribution in [-0.4, -0.2) is 60.5 Å². The van der Waals surface area contributed by atoms with Crippen molar-refractivity contribution in [3.63, 3.8) is 0 Å². The van der Waals surface area contributed by atoms with Crippen LogP contribution in [0.3, 0.4) is 0 Å². The van der Waals surface area contributed by atoms with Gasteiger partial charge in [0.15, 0.2) is 0 Å². The monoisotopic (exact) mass is 282 g/mol. The standard InChI is InChI=1S/C13H22N4OS/c1-16(12-3-5-14-6-4-12)8-13(18)17(2)7-11-9-19-10-15-11/h9-10,12,14H,3-8H2,1-2H3. The summed E-state index contributed by atoms with van der Waals surface area (Å²) in [6, 6.07) is 0.526. The minimum Gasteiger partial charge on any atom is -0.339 e. The predicted octanol–water partition coefficient (Wildman–Crippen LogP) is 0.785. The molecule has 1 fully saturated rings. The summed E-state index contributed by atoms with van der Waals surface area (Å²) >= 11 is 1.56. The van der Waals surface area contributed by atoms with Gasteiger partial charge in [0.25, 0.3) is 0 Å². The fraction of sp³-hybridized carbons (Fsp3) is 0.692. The summed E-state index contributed by atoms with van der Waals surface area (Å²) in [6.45, 7) is 3.20. The lowest BCUT2D eigenvalue weighted by molar-refractivity contribution is -0.132. The van der Waals surface area contributed by atoms with Crippen LogP contribution in [0.5, 0.6) is 0 Å². The third-order valence-corrected chi connectivity index (χ3v) is 4.26. The summed E-state index contributed by atoms with van der Waals surface area (Å²) in [6.07, 6.45) is 2.25. The number of thiazole rings is 1. The van der Waals surface area contributed by atoms with E-state index in [4.69, 9.17) is 0 Å². The number of nitrogens with zero attached hydrogens (tertiary/aromatic N) is 3. The molecule has 0 bridgehead atoms. The number of aromatic nitrogens is 1. The van der Waals surface area contributed by atoms with Crippen LogP contribution in [-0.2, 0) is 11.3 Å². The Labute approximate surface area is 118 Å². The molecular weight excluding hydrogens is 260 g/mol. The number of hydrogen-bond donors (Lipinski definition) is 1. The average molecular weight is 282 g/mol. The molecule has 19 heavy (non-hydrogen) atoms. The van der Waals surface area contributed by atoms with Gasteiger partial charge in [-0.1, -0.05) is 0 Å². The second-order valence-electron chi connectivity index (χ2n) is 5.13. The van der Waals surface area contributed by atoms with E-state index in [-0.39, 0.29) is 5.91 Å². The molecule has 1 aromatic heterocycles. The summed E-state index contributed by atoms with van der Waals surface area (Å²) in [7, 11) is 3.89. The molecule has 6 heteroatoms. The Kier molecular flexibility index (Phi) is 5.30. The van der Waals surface area contributed by atoms with E-state index >= 15 is 0 Å². The fourth-order valence-electron chi connectivity index (χ4n) is 2.36. The van der Waals surface area contributed by atoms with Crippen LogP contribution in [0.4, 0.5) is 0 Å². The lowest BCUT2D eigenvalue weighted by atomic mass is 10.1. The first-order chi connectivity index (χ1) is 9.16. The van der Waals surface area contributed by atoms with E-state index in [1.165, 1.54) is 0 Å². The average Bonchev–Trinajstić information content (AvgIpc) is 2.92. The van der Waals surface area contributed by atoms with Gasteiger partial charge in [-0.05, 0) is 33.0 Å². The van der Waals surface area contributed by atoms with Crippen LogP contribution in [0.2, 0.25) is 0 Å². The number of rotatable bonds is 5. The number of carbonyl (C=O) groups is 1. The van der Waals surface area contributed by atoms with E-state index in [2.05, 4.69) is 15.2 Å². The fourth-order valence-corrected chi connectivity index (χ4v) is 2.91. The van der Waals surface area contributed by atoms with Crippen molar-refractivity contribution in [3.05, 3.63) is 16.6 Å². The van der Waals surface area contributed by atoms with Gasteiger partial charge >= 0.3 is 0 Å². The summed E-state index contributed by atoms with van der Waals surface area (Å²) < 4.78 is 0. The number of carbonyl (C=O) groups excluding carboxylic acids is 1. The maximum absolute atomic E-state index is 12.2. The first-order valence-electron chi connectivity index (χ1n) is 6.69. The predicted molar refractivity (Wildman–Crippen MR) is 77.1 cm³/mol. The van der Waals surface area contributed by atoms with Gasteiger partial charge in [0, 0.05) is 18.5 Å². The van der Waals surface area contributed by atoms with Crippen LogP contribution >= 0.6 is 11.3 Å². The molecule has 0 saturated carbocycles. The molecule has 0 aliphatic carbocycles. The second kappa shape index (κ2) is 6.98. The second-order valence-corrected chi connectivity index (χ2v) is 5.84. The van der Waals surface area contributed by atoms with Crippen molar-refractivity contribution in [3.8, 4) is 0 Å². The van der Waals surface area contributed by atoms with Gasteiger partial charge in [0.2, 0.25) is 5.91 Å². The lowest BCUT2D eigenvalue weighted by Gasteiger charge is -2.32. The molecule has 2 rings (SSSR count). The third-order valence-electron chi connectivity index (χ3n) is 3.63. The molecular formula is C13H22N4OS. The van der Waals surface area contributed by atoms with Gasteiger partial charge < -0.3 is 10.2 Å². The molecule has 1 N–H and O–H groups in total. The van der Waals surface area contributed by atoms with E-state index in [9.17, 15) is 4.79 Å². The molecule has 1 aliphatic heterocycles. The molecule has 0 atom stereocenters. The smallest absolute Gasteiger partial charge is 0.236 e. The first kappa shape index (κ1) is 14.4. The molecule has 0 unspecified atom stereocenters. The van der Waals surface area contributed by atoms with Gasteiger partial charge in [-0.2, -0.15) is 0 Å². The van der Waals surface area contributed by atoms with E-state index in [0.717, 1.165) is 31.6 Å². The number of amides is 1. The van der Waals surface area contributed by atoms with Crippen molar-refractivity contribution in [2.75, 3.05) is 33.7 Å². The SMILES string of the molecule is CN(Cc1cscn1)C(=O)CN(C)C1CCNCC1. The zero-order valence-corrected chi connectivity index (χ0v) is 12.4. The van der Waals surface area contributed by atoms with Crippen LogP contribution in [0.1, 0.15) is 18.5 Å². The van der Waals surface area contributed by atoms with E-state index in [1.54, 1.807) is 21.7 Å².